The van der Waals surface area contributed by atoms with E-state index in [4.69, 9.17) is 10.5 Å². The van der Waals surface area contributed by atoms with Crippen molar-refractivity contribution in [1.82, 2.24) is 29.5 Å². The van der Waals surface area contributed by atoms with Gasteiger partial charge in [0.05, 0.1) is 18.1 Å². The van der Waals surface area contributed by atoms with Crippen LogP contribution in [0.25, 0.3) is 11.2 Å². The number of fused-ring (bicyclic) bond motifs is 1. The lowest BCUT2D eigenvalue weighted by atomic mass is 10.0. The van der Waals surface area contributed by atoms with Crippen LogP contribution >= 0.6 is 11.8 Å². The summed E-state index contributed by atoms with van der Waals surface area (Å²) in [6.07, 6.45) is 4.91. The maximum absolute atomic E-state index is 10.7. The topological polar surface area (TPSA) is 125 Å². The minimum absolute atomic E-state index is 0.0545. The molecule has 26 heavy (non-hydrogen) atoms. The average Bonchev–Trinajstić information content (AvgIpc) is 3.18. The first-order chi connectivity index (χ1) is 12.6. The number of anilines is 1. The van der Waals surface area contributed by atoms with Crippen LogP contribution in [-0.4, -0.2) is 52.6 Å². The molecule has 0 saturated carbocycles. The molecule has 3 N–H and O–H groups in total. The van der Waals surface area contributed by atoms with E-state index in [1.54, 1.807) is 35.0 Å². The van der Waals surface area contributed by atoms with E-state index >= 15 is 0 Å². The summed E-state index contributed by atoms with van der Waals surface area (Å²) in [5, 5.41) is 11.6. The summed E-state index contributed by atoms with van der Waals surface area (Å²) in [5.74, 6) is 0.915. The van der Waals surface area contributed by atoms with Crippen molar-refractivity contribution in [3.8, 4) is 0 Å². The van der Waals surface area contributed by atoms with E-state index in [1.807, 2.05) is 13.8 Å². The second-order valence-corrected chi connectivity index (χ2v) is 7.26. The lowest BCUT2D eigenvalue weighted by molar-refractivity contribution is -0.0286. The fraction of sp³-hybridized carbons (Fsp3) is 0.438. The Kier molecular flexibility index (Phi) is 4.47. The fourth-order valence-electron chi connectivity index (χ4n) is 3.04. The van der Waals surface area contributed by atoms with Gasteiger partial charge in [0.2, 0.25) is 0 Å². The van der Waals surface area contributed by atoms with Crippen LogP contribution in [0.5, 0.6) is 0 Å². The Morgan fingerprint density at radius 1 is 1.23 bits per heavy atom. The van der Waals surface area contributed by atoms with Crippen LogP contribution in [0.3, 0.4) is 0 Å². The number of aliphatic hydroxyl groups is 1. The van der Waals surface area contributed by atoms with E-state index in [0.717, 1.165) is 10.7 Å². The van der Waals surface area contributed by atoms with Gasteiger partial charge in [0.25, 0.3) is 0 Å². The van der Waals surface area contributed by atoms with Gasteiger partial charge in [-0.25, -0.2) is 19.9 Å². The third kappa shape index (κ3) is 2.89. The molecule has 0 aliphatic carbocycles. The molecule has 9 nitrogen and oxygen atoms in total. The van der Waals surface area contributed by atoms with E-state index in [0.29, 0.717) is 22.7 Å². The number of hydrogen-bond acceptors (Lipinski definition) is 9. The van der Waals surface area contributed by atoms with Crippen molar-refractivity contribution in [3.05, 3.63) is 30.7 Å². The SMILES string of the molecule is Cc1nccnc1SC[C@H]1OC(n2cnc3c(N)ncnc32)[C@H](O)[C@@H]1C. The Balaban J connectivity index is 1.54. The lowest BCUT2D eigenvalue weighted by Crippen LogP contribution is -2.24. The van der Waals surface area contributed by atoms with Crippen molar-refractivity contribution < 1.29 is 9.84 Å². The summed E-state index contributed by atoms with van der Waals surface area (Å²) in [7, 11) is 0. The van der Waals surface area contributed by atoms with Gasteiger partial charge in [0.1, 0.15) is 23.0 Å². The molecule has 1 aliphatic heterocycles. The van der Waals surface area contributed by atoms with Crippen molar-refractivity contribution in [2.24, 2.45) is 5.92 Å². The number of rotatable bonds is 4. The zero-order valence-corrected chi connectivity index (χ0v) is 15.2. The van der Waals surface area contributed by atoms with Gasteiger partial charge in [-0.05, 0) is 6.92 Å². The first-order valence-corrected chi connectivity index (χ1v) is 9.21. The van der Waals surface area contributed by atoms with Crippen LogP contribution in [0, 0.1) is 12.8 Å². The van der Waals surface area contributed by atoms with Crippen LogP contribution in [0.15, 0.2) is 30.1 Å². The predicted molar refractivity (Wildman–Crippen MR) is 96.3 cm³/mol. The molecule has 4 heterocycles. The van der Waals surface area contributed by atoms with Gasteiger partial charge in [0, 0.05) is 24.1 Å². The second kappa shape index (κ2) is 6.78. The maximum Gasteiger partial charge on any atom is 0.167 e. The Labute approximate surface area is 154 Å². The molecule has 1 fully saturated rings. The molecule has 3 aromatic rings. The number of aromatic nitrogens is 6. The van der Waals surface area contributed by atoms with Crippen LogP contribution in [0.2, 0.25) is 0 Å². The second-order valence-electron chi connectivity index (χ2n) is 6.26. The van der Waals surface area contributed by atoms with Gasteiger partial charge >= 0.3 is 0 Å². The third-order valence-electron chi connectivity index (χ3n) is 4.61. The van der Waals surface area contributed by atoms with Gasteiger partial charge in [-0.2, -0.15) is 0 Å². The molecule has 1 unspecified atom stereocenters. The summed E-state index contributed by atoms with van der Waals surface area (Å²) in [4.78, 5) is 21.0. The molecule has 1 saturated heterocycles. The first kappa shape index (κ1) is 17.1. The van der Waals surface area contributed by atoms with Gasteiger partial charge in [-0.3, -0.25) is 9.55 Å². The molecule has 0 spiro atoms. The number of hydrogen-bond donors (Lipinski definition) is 2. The first-order valence-electron chi connectivity index (χ1n) is 8.23. The van der Waals surface area contributed by atoms with E-state index in [9.17, 15) is 5.11 Å². The quantitative estimate of drug-likeness (QED) is 0.649. The van der Waals surface area contributed by atoms with Crippen molar-refractivity contribution in [1.29, 1.82) is 0 Å². The molecule has 0 aromatic carbocycles. The number of nitrogen functional groups attached to an aromatic ring is 1. The van der Waals surface area contributed by atoms with Gasteiger partial charge in [0.15, 0.2) is 17.7 Å². The fourth-order valence-corrected chi connectivity index (χ4v) is 4.14. The Bertz CT molecular complexity index is 934. The number of thioether (sulfide) groups is 1. The summed E-state index contributed by atoms with van der Waals surface area (Å²) >= 11 is 1.58. The molecular formula is C16H19N7O2S. The number of nitrogens with two attached hydrogens (primary N) is 1. The smallest absolute Gasteiger partial charge is 0.167 e. The van der Waals surface area contributed by atoms with E-state index < -0.39 is 12.3 Å². The van der Waals surface area contributed by atoms with Crippen LogP contribution in [0.4, 0.5) is 5.82 Å². The van der Waals surface area contributed by atoms with Gasteiger partial charge in [-0.1, -0.05) is 6.92 Å². The number of imidazole rings is 1. The zero-order valence-electron chi connectivity index (χ0n) is 14.4. The minimum atomic E-state index is -0.683. The van der Waals surface area contributed by atoms with Crippen molar-refractivity contribution in [2.45, 2.75) is 37.3 Å². The Morgan fingerprint density at radius 3 is 2.85 bits per heavy atom. The van der Waals surface area contributed by atoms with E-state index in [2.05, 4.69) is 24.9 Å². The number of aryl methyl sites for hydroxylation is 1. The summed E-state index contributed by atoms with van der Waals surface area (Å²) in [6.45, 7) is 3.90. The van der Waals surface area contributed by atoms with Crippen molar-refractivity contribution in [2.75, 3.05) is 11.5 Å². The van der Waals surface area contributed by atoms with E-state index in [-0.39, 0.29) is 12.0 Å². The molecule has 10 heteroatoms. The molecule has 0 radical (unpaired) electrons. The molecule has 1 aliphatic rings. The highest BCUT2D eigenvalue weighted by Crippen LogP contribution is 2.37. The van der Waals surface area contributed by atoms with Gasteiger partial charge in [-0.15, -0.1) is 11.8 Å². The van der Waals surface area contributed by atoms with Crippen molar-refractivity contribution >= 4 is 28.7 Å². The summed E-state index contributed by atoms with van der Waals surface area (Å²) in [5.41, 5.74) is 7.77. The average molecular weight is 373 g/mol. The van der Waals surface area contributed by atoms with Crippen LogP contribution < -0.4 is 5.73 Å². The molecule has 136 valence electrons. The normalized spacial score (nSPS) is 25.8. The summed E-state index contributed by atoms with van der Waals surface area (Å²) in [6, 6.07) is 0. The Hall–Kier alpha value is -2.30. The molecule has 0 bridgehead atoms. The minimum Gasteiger partial charge on any atom is -0.388 e. The number of ether oxygens (including phenoxy) is 1. The number of aliphatic hydroxyl groups excluding tert-OH is 1. The molecular weight excluding hydrogens is 354 g/mol. The molecule has 3 aromatic heterocycles. The maximum atomic E-state index is 10.7. The van der Waals surface area contributed by atoms with Crippen LogP contribution in [-0.2, 0) is 4.74 Å². The highest BCUT2D eigenvalue weighted by molar-refractivity contribution is 7.99. The highest BCUT2D eigenvalue weighted by atomic mass is 32.2. The van der Waals surface area contributed by atoms with E-state index in [1.165, 1.54) is 6.33 Å². The Morgan fingerprint density at radius 2 is 2.04 bits per heavy atom. The lowest BCUT2D eigenvalue weighted by Gasteiger charge is -2.16. The zero-order chi connectivity index (χ0) is 18.3. The predicted octanol–water partition coefficient (Wildman–Crippen LogP) is 1.19. The van der Waals surface area contributed by atoms with Crippen LogP contribution in [0.1, 0.15) is 18.8 Å². The summed E-state index contributed by atoms with van der Waals surface area (Å²) < 4.78 is 7.86. The largest absolute Gasteiger partial charge is 0.388 e. The number of nitrogens with zero attached hydrogens (tertiary/aromatic N) is 6. The van der Waals surface area contributed by atoms with Gasteiger partial charge < -0.3 is 15.6 Å². The standard InChI is InChI=1S/C16H19N7O2S/c1-8-10(5-26-15-9(2)18-3-4-19-15)25-16(12(8)24)23-7-22-11-13(17)20-6-21-14(11)23/h3-4,6-8,10,12,16,24H,5H2,1-2H3,(H2,17,20,21)/t8-,10-,12-,16?/m1/s1. The monoisotopic (exact) mass is 373 g/mol. The molecule has 4 atom stereocenters. The van der Waals surface area contributed by atoms with Crippen molar-refractivity contribution in [3.63, 3.8) is 0 Å². The highest BCUT2D eigenvalue weighted by Gasteiger charge is 2.42. The molecule has 0 amide bonds. The molecule has 4 rings (SSSR count). The third-order valence-corrected chi connectivity index (χ3v) is 5.78.